The van der Waals surface area contributed by atoms with Gasteiger partial charge in [0.25, 0.3) is 0 Å². The van der Waals surface area contributed by atoms with Crippen LogP contribution in [0.2, 0.25) is 0 Å². The maximum Gasteiger partial charge on any atom is 0.221 e. The molecule has 0 atom stereocenters. The molecule has 0 radical (unpaired) electrons. The first-order valence-electron chi connectivity index (χ1n) is 6.15. The molecule has 0 saturated carbocycles. The molecule has 0 aromatic carbocycles. The van der Waals surface area contributed by atoms with Crippen LogP contribution in [0.15, 0.2) is 0 Å². The predicted octanol–water partition coefficient (Wildman–Crippen LogP) is 1.00. The zero-order valence-electron chi connectivity index (χ0n) is 11.2. The van der Waals surface area contributed by atoms with Crippen LogP contribution in [-0.4, -0.2) is 29.0 Å². The summed E-state index contributed by atoms with van der Waals surface area (Å²) in [5.41, 5.74) is 6.56. The minimum absolute atomic E-state index is 0.0424. The number of aromatic nitrogens is 2. The fourth-order valence-corrected chi connectivity index (χ4v) is 1.47. The summed E-state index contributed by atoms with van der Waals surface area (Å²) in [6, 6.07) is 0. The largest absolute Gasteiger partial charge is 0.383 e. The summed E-state index contributed by atoms with van der Waals surface area (Å²) < 4.78 is 0. The number of aryl methyl sites for hydroxylation is 1. The summed E-state index contributed by atoms with van der Waals surface area (Å²) in [6.07, 6.45) is 1.36. The average molecular weight is 251 g/mol. The molecule has 0 fully saturated rings. The summed E-state index contributed by atoms with van der Waals surface area (Å²) in [5, 5.41) is 5.93. The van der Waals surface area contributed by atoms with E-state index in [9.17, 15) is 4.79 Å². The number of nitrogens with two attached hydrogens (primary N) is 1. The first-order valence-corrected chi connectivity index (χ1v) is 6.15. The van der Waals surface area contributed by atoms with Gasteiger partial charge in [0, 0.05) is 25.1 Å². The molecule has 18 heavy (non-hydrogen) atoms. The fourth-order valence-electron chi connectivity index (χ4n) is 1.47. The van der Waals surface area contributed by atoms with Crippen molar-refractivity contribution in [3.8, 4) is 0 Å². The van der Waals surface area contributed by atoms with E-state index >= 15 is 0 Å². The van der Waals surface area contributed by atoms with Crippen molar-refractivity contribution in [2.75, 3.05) is 24.1 Å². The van der Waals surface area contributed by atoms with Crippen molar-refractivity contribution >= 4 is 17.5 Å². The van der Waals surface area contributed by atoms with Gasteiger partial charge in [-0.3, -0.25) is 4.79 Å². The molecule has 0 unspecified atom stereocenters. The van der Waals surface area contributed by atoms with Crippen LogP contribution >= 0.6 is 0 Å². The summed E-state index contributed by atoms with van der Waals surface area (Å²) in [5.74, 6) is 1.83. The zero-order chi connectivity index (χ0) is 13.5. The van der Waals surface area contributed by atoms with Crippen LogP contribution in [-0.2, 0) is 4.79 Å². The van der Waals surface area contributed by atoms with Crippen molar-refractivity contribution in [2.24, 2.45) is 0 Å². The van der Waals surface area contributed by atoms with Crippen molar-refractivity contribution in [1.82, 2.24) is 15.3 Å². The lowest BCUT2D eigenvalue weighted by atomic mass is 10.3. The SMILES string of the molecule is CCCNC(=O)CCNc1nc(C)nc(N)c1C. The van der Waals surface area contributed by atoms with E-state index in [-0.39, 0.29) is 5.91 Å². The topological polar surface area (TPSA) is 92.9 Å². The third-order valence-corrected chi connectivity index (χ3v) is 2.51. The highest BCUT2D eigenvalue weighted by atomic mass is 16.1. The van der Waals surface area contributed by atoms with Crippen LogP contribution in [0.5, 0.6) is 0 Å². The second kappa shape index (κ2) is 6.78. The van der Waals surface area contributed by atoms with E-state index in [1.54, 1.807) is 6.92 Å². The van der Waals surface area contributed by atoms with Crippen LogP contribution < -0.4 is 16.4 Å². The quantitative estimate of drug-likeness (QED) is 0.701. The van der Waals surface area contributed by atoms with E-state index in [1.807, 2.05) is 13.8 Å². The molecule has 4 N–H and O–H groups in total. The van der Waals surface area contributed by atoms with Crippen molar-refractivity contribution in [2.45, 2.75) is 33.6 Å². The monoisotopic (exact) mass is 251 g/mol. The molecule has 0 aliphatic heterocycles. The Bertz CT molecular complexity index is 419. The highest BCUT2D eigenvalue weighted by Gasteiger charge is 2.06. The number of nitrogen functional groups attached to an aromatic ring is 1. The number of anilines is 2. The summed E-state index contributed by atoms with van der Waals surface area (Å²) in [7, 11) is 0. The molecule has 1 aromatic rings. The molecule has 0 aliphatic rings. The van der Waals surface area contributed by atoms with E-state index in [2.05, 4.69) is 20.6 Å². The number of nitrogens with zero attached hydrogens (tertiary/aromatic N) is 2. The van der Waals surface area contributed by atoms with Crippen molar-refractivity contribution < 1.29 is 4.79 Å². The van der Waals surface area contributed by atoms with Gasteiger partial charge < -0.3 is 16.4 Å². The van der Waals surface area contributed by atoms with Gasteiger partial charge in [-0.05, 0) is 20.3 Å². The second-order valence-corrected chi connectivity index (χ2v) is 4.16. The van der Waals surface area contributed by atoms with Gasteiger partial charge in [0.1, 0.15) is 17.5 Å². The van der Waals surface area contributed by atoms with E-state index in [4.69, 9.17) is 5.73 Å². The Morgan fingerprint density at radius 2 is 2.00 bits per heavy atom. The lowest BCUT2D eigenvalue weighted by Crippen LogP contribution is -2.26. The second-order valence-electron chi connectivity index (χ2n) is 4.16. The lowest BCUT2D eigenvalue weighted by Gasteiger charge is -2.10. The van der Waals surface area contributed by atoms with Crippen molar-refractivity contribution in [3.63, 3.8) is 0 Å². The summed E-state index contributed by atoms with van der Waals surface area (Å²) in [6.45, 7) is 6.92. The molecule has 0 spiro atoms. The Hall–Kier alpha value is -1.85. The molecule has 1 amide bonds. The number of hydrogen-bond donors (Lipinski definition) is 3. The first kappa shape index (κ1) is 14.2. The van der Waals surface area contributed by atoms with Gasteiger partial charge in [-0.2, -0.15) is 0 Å². The van der Waals surface area contributed by atoms with E-state index < -0.39 is 0 Å². The molecule has 6 heteroatoms. The van der Waals surface area contributed by atoms with Crippen LogP contribution in [0.1, 0.15) is 31.2 Å². The lowest BCUT2D eigenvalue weighted by molar-refractivity contribution is -0.120. The smallest absolute Gasteiger partial charge is 0.221 e. The Morgan fingerprint density at radius 1 is 1.28 bits per heavy atom. The van der Waals surface area contributed by atoms with Gasteiger partial charge >= 0.3 is 0 Å². The van der Waals surface area contributed by atoms with Crippen LogP contribution in [0.25, 0.3) is 0 Å². The normalized spacial score (nSPS) is 10.2. The number of carbonyl (C=O) groups is 1. The Labute approximate surface area is 107 Å². The highest BCUT2D eigenvalue weighted by Crippen LogP contribution is 2.16. The molecular weight excluding hydrogens is 230 g/mol. The van der Waals surface area contributed by atoms with E-state index in [0.29, 0.717) is 30.4 Å². The van der Waals surface area contributed by atoms with Crippen LogP contribution in [0.3, 0.4) is 0 Å². The average Bonchev–Trinajstić information content (AvgIpc) is 2.32. The summed E-state index contributed by atoms with van der Waals surface area (Å²) >= 11 is 0. The first-order chi connectivity index (χ1) is 8.54. The number of carbonyl (C=O) groups excluding carboxylic acids is 1. The molecule has 1 rings (SSSR count). The number of amides is 1. The van der Waals surface area contributed by atoms with Gasteiger partial charge in [0.05, 0.1) is 0 Å². The van der Waals surface area contributed by atoms with Crippen LogP contribution in [0, 0.1) is 13.8 Å². The fraction of sp³-hybridized carbons (Fsp3) is 0.583. The summed E-state index contributed by atoms with van der Waals surface area (Å²) in [4.78, 5) is 19.7. The van der Waals surface area contributed by atoms with Crippen molar-refractivity contribution in [1.29, 1.82) is 0 Å². The molecule has 6 nitrogen and oxygen atoms in total. The zero-order valence-corrected chi connectivity index (χ0v) is 11.2. The number of nitrogens with one attached hydrogen (secondary N) is 2. The standard InChI is InChI=1S/C12H21N5O/c1-4-6-14-10(18)5-7-15-12-8(2)11(13)16-9(3)17-12/h4-7H2,1-3H3,(H,14,18)(H3,13,15,16,17). The van der Waals surface area contributed by atoms with Gasteiger partial charge in [0.2, 0.25) is 5.91 Å². The molecule has 100 valence electrons. The molecular formula is C12H21N5O. The van der Waals surface area contributed by atoms with Crippen LogP contribution in [0.4, 0.5) is 11.6 Å². The highest BCUT2D eigenvalue weighted by molar-refractivity contribution is 5.76. The van der Waals surface area contributed by atoms with Gasteiger partial charge in [-0.15, -0.1) is 0 Å². The Kier molecular flexibility index (Phi) is 5.35. The van der Waals surface area contributed by atoms with Gasteiger partial charge in [0.15, 0.2) is 0 Å². The maximum atomic E-state index is 11.4. The predicted molar refractivity (Wildman–Crippen MR) is 72.3 cm³/mol. The number of rotatable bonds is 6. The Morgan fingerprint density at radius 3 is 2.67 bits per heavy atom. The Balaban J connectivity index is 2.46. The maximum absolute atomic E-state index is 11.4. The molecule has 1 heterocycles. The van der Waals surface area contributed by atoms with Gasteiger partial charge in [-0.1, -0.05) is 6.92 Å². The third-order valence-electron chi connectivity index (χ3n) is 2.51. The molecule has 0 saturated heterocycles. The molecule has 1 aromatic heterocycles. The van der Waals surface area contributed by atoms with Gasteiger partial charge in [-0.25, -0.2) is 9.97 Å². The minimum atomic E-state index is 0.0424. The third kappa shape index (κ3) is 4.20. The van der Waals surface area contributed by atoms with E-state index in [0.717, 1.165) is 18.5 Å². The molecule has 0 aliphatic carbocycles. The molecule has 0 bridgehead atoms. The number of hydrogen-bond acceptors (Lipinski definition) is 5. The van der Waals surface area contributed by atoms with E-state index in [1.165, 1.54) is 0 Å². The minimum Gasteiger partial charge on any atom is -0.383 e. The van der Waals surface area contributed by atoms with Crippen molar-refractivity contribution in [3.05, 3.63) is 11.4 Å².